The van der Waals surface area contributed by atoms with E-state index in [0.717, 1.165) is 19.4 Å². The van der Waals surface area contributed by atoms with Crippen molar-refractivity contribution in [2.45, 2.75) is 6.18 Å². The highest BCUT2D eigenvalue weighted by Crippen LogP contribution is 2.27. The summed E-state index contributed by atoms with van der Waals surface area (Å²) in [7, 11) is -3.16. The molecule has 8 nitrogen and oxygen atoms in total. The van der Waals surface area contributed by atoms with E-state index in [0.29, 0.717) is 6.07 Å². The van der Waals surface area contributed by atoms with Crippen LogP contribution in [0.4, 0.5) is 23.2 Å². The molecule has 0 aliphatic rings. The molecule has 1 aromatic heterocycles. The Balaban J connectivity index is 2.88. The highest BCUT2D eigenvalue weighted by molar-refractivity contribution is 7.92. The van der Waals surface area contributed by atoms with Crippen LogP contribution in [-0.2, 0) is 23.2 Å². The van der Waals surface area contributed by atoms with Crippen LogP contribution in [0, 0.1) is 5.82 Å². The van der Waals surface area contributed by atoms with Gasteiger partial charge in [0.1, 0.15) is 16.5 Å². The van der Waals surface area contributed by atoms with Crippen molar-refractivity contribution in [2.75, 3.05) is 11.0 Å². The summed E-state index contributed by atoms with van der Waals surface area (Å²) in [5.41, 5.74) is -0.483. The number of alkyl halides is 3. The van der Waals surface area contributed by atoms with Gasteiger partial charge in [0, 0.05) is 18.7 Å². The zero-order chi connectivity index (χ0) is 21.6. The van der Waals surface area contributed by atoms with E-state index in [2.05, 4.69) is 0 Å². The third-order valence-electron chi connectivity index (χ3n) is 3.50. The molecule has 14 heteroatoms. The fraction of sp³-hybridized carbons (Fsp3) is 0.214. The number of nitrogens with two attached hydrogens (primary N) is 1. The van der Waals surface area contributed by atoms with Crippen molar-refractivity contribution in [3.63, 3.8) is 0 Å². The number of anilines is 1. The zero-order valence-electron chi connectivity index (χ0n) is 14.2. The number of nitrogens with zero attached hydrogens (tertiary/aromatic N) is 2. The van der Waals surface area contributed by atoms with Gasteiger partial charge in [-0.1, -0.05) is 12.2 Å². The second-order valence-electron chi connectivity index (χ2n) is 5.63. The smallest absolute Gasteiger partial charge is 0.389 e. The molecule has 0 fully saturated rings. The molecule has 28 heavy (non-hydrogen) atoms. The molecule has 0 radical (unpaired) electrons. The first-order chi connectivity index (χ1) is 12.6. The molecule has 0 aliphatic carbocycles. The number of hydrogen-bond donors (Lipinski definition) is 2. The van der Waals surface area contributed by atoms with Gasteiger partial charge >= 0.3 is 11.9 Å². The van der Waals surface area contributed by atoms with Crippen LogP contribution in [0.1, 0.15) is 11.3 Å². The minimum absolute atomic E-state index is 0.117. The molecule has 0 saturated carbocycles. The van der Waals surface area contributed by atoms with Crippen molar-refractivity contribution in [3.8, 4) is 5.69 Å². The Morgan fingerprint density at radius 3 is 2.25 bits per heavy atom. The Hall–Kier alpha value is -2.74. The van der Waals surface area contributed by atoms with Gasteiger partial charge in [-0.05, 0) is 12.1 Å². The number of nitrogens with one attached hydrogen (secondary N) is 1. The number of benzene rings is 1. The van der Waals surface area contributed by atoms with Crippen LogP contribution in [0.5, 0.6) is 0 Å². The molecule has 0 unspecified atom stereocenters. The summed E-state index contributed by atoms with van der Waals surface area (Å²) in [6.45, 7) is 0. The Kier molecular flexibility index (Phi) is 5.40. The lowest BCUT2D eigenvalue weighted by Crippen LogP contribution is -2.41. The number of rotatable bonds is 4. The maximum Gasteiger partial charge on any atom is 0.431 e. The Bertz CT molecular complexity index is 1200. The van der Waals surface area contributed by atoms with Crippen molar-refractivity contribution < 1.29 is 26.0 Å². The monoisotopic (exact) mass is 440 g/mol. The third kappa shape index (κ3) is 4.22. The van der Waals surface area contributed by atoms with Crippen LogP contribution in [0.2, 0.25) is 0 Å². The van der Waals surface area contributed by atoms with Crippen molar-refractivity contribution in [1.82, 2.24) is 9.13 Å². The van der Waals surface area contributed by atoms with Gasteiger partial charge in [-0.15, -0.1) is 0 Å². The van der Waals surface area contributed by atoms with Crippen LogP contribution in [0.3, 0.4) is 0 Å². The van der Waals surface area contributed by atoms with Crippen molar-refractivity contribution >= 4 is 32.9 Å². The molecular weight excluding hydrogens is 428 g/mol. The minimum atomic E-state index is -5.00. The molecule has 0 saturated heterocycles. The van der Waals surface area contributed by atoms with Gasteiger partial charge in [-0.25, -0.2) is 22.2 Å². The molecule has 0 bridgehead atoms. The third-order valence-corrected chi connectivity index (χ3v) is 4.31. The maximum absolute atomic E-state index is 14.5. The molecular formula is C14H12F4N4O4S2. The van der Waals surface area contributed by atoms with Gasteiger partial charge in [-0.2, -0.15) is 13.2 Å². The Labute approximate surface area is 160 Å². The summed E-state index contributed by atoms with van der Waals surface area (Å²) in [4.78, 5) is 24.0. The fourth-order valence-electron chi connectivity index (χ4n) is 2.34. The molecule has 0 aliphatic heterocycles. The van der Waals surface area contributed by atoms with Crippen LogP contribution < -0.4 is 21.7 Å². The summed E-state index contributed by atoms with van der Waals surface area (Å²) in [5, 5.41) is 0. The van der Waals surface area contributed by atoms with E-state index in [9.17, 15) is 35.6 Å². The van der Waals surface area contributed by atoms with Crippen LogP contribution in [-0.4, -0.2) is 28.8 Å². The van der Waals surface area contributed by atoms with Crippen molar-refractivity contribution in [3.05, 3.63) is 56.1 Å². The lowest BCUT2D eigenvalue weighted by Gasteiger charge is -2.16. The van der Waals surface area contributed by atoms with Gasteiger partial charge in [-0.3, -0.25) is 14.1 Å². The molecule has 2 aromatic rings. The van der Waals surface area contributed by atoms with Crippen molar-refractivity contribution in [2.24, 2.45) is 12.8 Å². The Morgan fingerprint density at radius 2 is 1.79 bits per heavy atom. The quantitative estimate of drug-likeness (QED) is 0.534. The van der Waals surface area contributed by atoms with Crippen molar-refractivity contribution in [1.29, 1.82) is 0 Å². The maximum atomic E-state index is 14.5. The molecule has 2 rings (SSSR count). The SMILES string of the molecule is Cn1c(C(F)(F)F)cc(=O)n(-c2cc(NS(C)(=O)=O)c(C(N)=S)cc2F)c1=O. The molecule has 0 atom stereocenters. The zero-order valence-corrected chi connectivity index (χ0v) is 15.8. The van der Waals surface area contributed by atoms with Gasteiger partial charge in [0.2, 0.25) is 10.0 Å². The lowest BCUT2D eigenvalue weighted by atomic mass is 10.1. The highest BCUT2D eigenvalue weighted by atomic mass is 32.2. The van der Waals surface area contributed by atoms with Gasteiger partial charge in [0.25, 0.3) is 5.56 Å². The lowest BCUT2D eigenvalue weighted by molar-refractivity contribution is -0.144. The van der Waals surface area contributed by atoms with Crippen LogP contribution >= 0.6 is 12.2 Å². The summed E-state index contributed by atoms with van der Waals surface area (Å²) in [6, 6.07) is 1.52. The number of sulfonamides is 1. The molecule has 1 aromatic carbocycles. The predicted molar refractivity (Wildman–Crippen MR) is 96.6 cm³/mol. The van der Waals surface area contributed by atoms with E-state index >= 15 is 0 Å². The number of halogens is 4. The first kappa shape index (κ1) is 21.6. The van der Waals surface area contributed by atoms with Gasteiger partial charge in [0.15, 0.2) is 0 Å². The molecule has 3 N–H and O–H groups in total. The Morgan fingerprint density at radius 1 is 1.21 bits per heavy atom. The van der Waals surface area contributed by atoms with E-state index < -0.39 is 49.6 Å². The van der Waals surface area contributed by atoms with E-state index in [4.69, 9.17) is 18.0 Å². The highest BCUT2D eigenvalue weighted by Gasteiger charge is 2.35. The summed E-state index contributed by atoms with van der Waals surface area (Å²) in [6.07, 6.45) is -4.23. The largest absolute Gasteiger partial charge is 0.431 e. The summed E-state index contributed by atoms with van der Waals surface area (Å²) in [5.74, 6) is -1.24. The average Bonchev–Trinajstić information content (AvgIpc) is 2.50. The van der Waals surface area contributed by atoms with Gasteiger partial charge in [0.05, 0.1) is 17.6 Å². The number of hydrogen-bond acceptors (Lipinski definition) is 5. The van der Waals surface area contributed by atoms with E-state index in [1.54, 1.807) is 0 Å². The molecule has 152 valence electrons. The molecule has 0 amide bonds. The fourth-order valence-corrected chi connectivity index (χ4v) is 3.08. The number of thiocarbonyl (C=S) groups is 1. The summed E-state index contributed by atoms with van der Waals surface area (Å²) >= 11 is 4.71. The molecule has 1 heterocycles. The predicted octanol–water partition coefficient (Wildman–Crippen LogP) is 0.700. The van der Waals surface area contributed by atoms with Gasteiger partial charge < -0.3 is 5.73 Å². The second-order valence-corrected chi connectivity index (χ2v) is 7.82. The average molecular weight is 440 g/mol. The van der Waals surface area contributed by atoms with E-state index in [1.165, 1.54) is 0 Å². The van der Waals surface area contributed by atoms with Crippen LogP contribution in [0.15, 0.2) is 27.8 Å². The summed E-state index contributed by atoms with van der Waals surface area (Å²) < 4.78 is 78.5. The van der Waals surface area contributed by atoms with E-state index in [-0.39, 0.29) is 26.5 Å². The topological polar surface area (TPSA) is 116 Å². The first-order valence-corrected chi connectivity index (χ1v) is 9.45. The molecule has 0 spiro atoms. The first-order valence-electron chi connectivity index (χ1n) is 7.15. The standard InChI is InChI=1S/C14H12F4N4O4S2/c1-21-10(14(16,17)18)5-11(23)22(13(21)24)9-4-8(20-28(2,25)26)6(12(19)27)3-7(9)15/h3-5,20H,1-2H3,(H2,19,27). The second kappa shape index (κ2) is 7.01. The van der Waals surface area contributed by atoms with E-state index in [1.807, 2.05) is 4.72 Å². The minimum Gasteiger partial charge on any atom is -0.389 e. The number of aromatic nitrogens is 2. The van der Waals surface area contributed by atoms with Crippen LogP contribution in [0.25, 0.3) is 5.69 Å². The normalized spacial score (nSPS) is 12.1.